The highest BCUT2D eigenvalue weighted by Gasteiger charge is 2.34. The van der Waals surface area contributed by atoms with Gasteiger partial charge in [0, 0.05) is 16.3 Å². The number of halogens is 6. The Kier molecular flexibility index (Phi) is 4.65. The highest BCUT2D eigenvalue weighted by atomic mass is 35.5. The summed E-state index contributed by atoms with van der Waals surface area (Å²) in [5.74, 6) is -1.32. The molecule has 0 amide bonds. The lowest BCUT2D eigenvalue weighted by Gasteiger charge is -2.11. The summed E-state index contributed by atoms with van der Waals surface area (Å²) in [4.78, 5) is 0. The van der Waals surface area contributed by atoms with E-state index in [4.69, 9.17) is 23.2 Å². The van der Waals surface area contributed by atoms with Gasteiger partial charge in [-0.3, -0.25) is 0 Å². The predicted molar refractivity (Wildman–Crippen MR) is 59.7 cm³/mol. The van der Waals surface area contributed by atoms with Gasteiger partial charge in [0.1, 0.15) is 5.82 Å². The van der Waals surface area contributed by atoms with Gasteiger partial charge in [0.05, 0.1) is 12.1 Å². The molecule has 1 aromatic rings. The predicted octanol–water partition coefficient (Wildman–Crippen LogP) is 4.58. The highest BCUT2D eigenvalue weighted by molar-refractivity contribution is 6.36. The molecule has 0 fully saturated rings. The molecule has 0 aromatic heterocycles. The van der Waals surface area contributed by atoms with Crippen molar-refractivity contribution in [3.8, 4) is 0 Å². The zero-order chi connectivity index (χ0) is 13.1. The Morgan fingerprint density at radius 3 is 2.53 bits per heavy atom. The van der Waals surface area contributed by atoms with Gasteiger partial charge in [-0.05, 0) is 18.2 Å². The molecular weight excluding hydrogens is 281 g/mol. The number of benzene rings is 1. The SMILES string of the molecule is Fc1ccc(NCC(Cl)=CCl)cc1C(F)(F)F. The topological polar surface area (TPSA) is 12.0 Å². The molecule has 94 valence electrons. The van der Waals surface area contributed by atoms with Crippen molar-refractivity contribution in [1.82, 2.24) is 0 Å². The van der Waals surface area contributed by atoms with Crippen LogP contribution in [-0.4, -0.2) is 6.54 Å². The Labute approximate surface area is 105 Å². The van der Waals surface area contributed by atoms with Crippen molar-refractivity contribution in [1.29, 1.82) is 0 Å². The second-order valence-electron chi connectivity index (χ2n) is 3.10. The van der Waals surface area contributed by atoms with E-state index in [9.17, 15) is 17.6 Å². The van der Waals surface area contributed by atoms with Gasteiger partial charge in [0.15, 0.2) is 0 Å². The normalized spacial score (nSPS) is 12.7. The minimum Gasteiger partial charge on any atom is -0.380 e. The summed E-state index contributed by atoms with van der Waals surface area (Å²) >= 11 is 10.8. The van der Waals surface area contributed by atoms with Gasteiger partial charge in [-0.2, -0.15) is 13.2 Å². The van der Waals surface area contributed by atoms with E-state index >= 15 is 0 Å². The first-order chi connectivity index (χ1) is 7.84. The third-order valence-corrected chi connectivity index (χ3v) is 2.47. The molecule has 1 nitrogen and oxygen atoms in total. The summed E-state index contributed by atoms with van der Waals surface area (Å²) < 4.78 is 50.0. The number of nitrogens with one attached hydrogen (secondary N) is 1. The molecule has 1 rings (SSSR count). The summed E-state index contributed by atoms with van der Waals surface area (Å²) in [7, 11) is 0. The van der Waals surface area contributed by atoms with Crippen molar-refractivity contribution < 1.29 is 17.6 Å². The van der Waals surface area contributed by atoms with E-state index in [1.807, 2.05) is 0 Å². The summed E-state index contributed by atoms with van der Waals surface area (Å²) in [6.45, 7) is 0.0635. The summed E-state index contributed by atoms with van der Waals surface area (Å²) in [6.07, 6.45) is -4.73. The average Bonchev–Trinajstić information content (AvgIpc) is 2.26. The third kappa shape index (κ3) is 4.09. The molecule has 0 aliphatic heterocycles. The molecule has 0 aliphatic carbocycles. The van der Waals surface area contributed by atoms with Crippen molar-refractivity contribution in [2.24, 2.45) is 0 Å². The molecule has 1 aromatic carbocycles. The number of hydrogen-bond donors (Lipinski definition) is 1. The lowest BCUT2D eigenvalue weighted by molar-refractivity contribution is -0.139. The van der Waals surface area contributed by atoms with Crippen molar-refractivity contribution >= 4 is 28.9 Å². The molecule has 17 heavy (non-hydrogen) atoms. The number of alkyl halides is 3. The van der Waals surface area contributed by atoms with Crippen LogP contribution < -0.4 is 5.32 Å². The van der Waals surface area contributed by atoms with E-state index in [-0.39, 0.29) is 17.3 Å². The van der Waals surface area contributed by atoms with E-state index in [1.165, 1.54) is 6.07 Å². The van der Waals surface area contributed by atoms with Crippen LogP contribution in [0.4, 0.5) is 23.2 Å². The first-order valence-electron chi connectivity index (χ1n) is 4.40. The van der Waals surface area contributed by atoms with Crippen molar-refractivity contribution in [2.75, 3.05) is 11.9 Å². The number of rotatable bonds is 3. The summed E-state index contributed by atoms with van der Waals surface area (Å²) in [5.41, 5.74) is -0.133. The Hall–Kier alpha value is -0.940. The molecule has 0 aliphatic rings. The van der Waals surface area contributed by atoms with Crippen LogP contribution in [0.25, 0.3) is 0 Å². The van der Waals surface area contributed by atoms with Crippen LogP contribution in [-0.2, 0) is 6.18 Å². The minimum absolute atomic E-state index is 0.0635. The van der Waals surface area contributed by atoms with Crippen molar-refractivity contribution in [3.63, 3.8) is 0 Å². The van der Waals surface area contributed by atoms with Crippen LogP contribution in [0.15, 0.2) is 28.8 Å². The molecule has 0 saturated carbocycles. The molecule has 0 bridgehead atoms. The summed E-state index contributed by atoms with van der Waals surface area (Å²) in [5, 5.41) is 2.81. The number of hydrogen-bond acceptors (Lipinski definition) is 1. The van der Waals surface area contributed by atoms with Gasteiger partial charge in [-0.25, -0.2) is 4.39 Å². The molecule has 0 heterocycles. The van der Waals surface area contributed by atoms with Crippen LogP contribution in [0.3, 0.4) is 0 Å². The zero-order valence-electron chi connectivity index (χ0n) is 8.28. The molecule has 1 N–H and O–H groups in total. The van der Waals surface area contributed by atoms with Gasteiger partial charge in [0.25, 0.3) is 0 Å². The van der Waals surface area contributed by atoms with Crippen LogP contribution in [0, 0.1) is 5.82 Å². The number of anilines is 1. The molecule has 0 saturated heterocycles. The molecule has 0 atom stereocenters. The van der Waals surface area contributed by atoms with Crippen molar-refractivity contribution in [2.45, 2.75) is 6.18 Å². The maximum atomic E-state index is 12.9. The average molecular weight is 288 g/mol. The molecule has 7 heteroatoms. The quantitative estimate of drug-likeness (QED) is 0.803. The molecule has 0 unspecified atom stereocenters. The lowest BCUT2D eigenvalue weighted by Crippen LogP contribution is -2.10. The first-order valence-corrected chi connectivity index (χ1v) is 5.21. The Balaban J connectivity index is 2.90. The van der Waals surface area contributed by atoms with E-state index in [2.05, 4.69) is 5.32 Å². The Morgan fingerprint density at radius 2 is 2.00 bits per heavy atom. The fraction of sp³-hybridized carbons (Fsp3) is 0.200. The first kappa shape index (κ1) is 14.1. The van der Waals surface area contributed by atoms with E-state index in [1.54, 1.807) is 0 Å². The molecular formula is C10H7Cl2F4N. The molecule has 0 radical (unpaired) electrons. The third-order valence-electron chi connectivity index (χ3n) is 1.85. The largest absolute Gasteiger partial charge is 0.419 e. The van der Waals surface area contributed by atoms with Gasteiger partial charge in [0.2, 0.25) is 0 Å². The van der Waals surface area contributed by atoms with Gasteiger partial charge in [-0.1, -0.05) is 23.2 Å². The Morgan fingerprint density at radius 1 is 1.35 bits per heavy atom. The van der Waals surface area contributed by atoms with Gasteiger partial charge in [-0.15, -0.1) is 0 Å². The van der Waals surface area contributed by atoms with Crippen LogP contribution >= 0.6 is 23.2 Å². The summed E-state index contributed by atoms with van der Waals surface area (Å²) in [6, 6.07) is 2.60. The monoisotopic (exact) mass is 287 g/mol. The fourth-order valence-corrected chi connectivity index (χ4v) is 1.22. The Bertz CT molecular complexity index is 429. The fourth-order valence-electron chi connectivity index (χ4n) is 1.08. The molecule has 0 spiro atoms. The second-order valence-corrected chi connectivity index (χ2v) is 3.81. The van der Waals surface area contributed by atoms with E-state index < -0.39 is 17.6 Å². The van der Waals surface area contributed by atoms with Crippen LogP contribution in [0.5, 0.6) is 0 Å². The zero-order valence-corrected chi connectivity index (χ0v) is 9.80. The second kappa shape index (κ2) is 5.60. The standard InChI is InChI=1S/C10H7Cl2F4N/c11-4-6(12)5-17-7-1-2-9(13)8(3-7)10(14,15)16/h1-4,17H,5H2. The minimum atomic E-state index is -4.73. The van der Waals surface area contributed by atoms with Gasteiger partial charge < -0.3 is 5.32 Å². The lowest BCUT2D eigenvalue weighted by atomic mass is 10.2. The van der Waals surface area contributed by atoms with E-state index in [0.29, 0.717) is 6.07 Å². The van der Waals surface area contributed by atoms with Crippen molar-refractivity contribution in [3.05, 3.63) is 40.1 Å². The smallest absolute Gasteiger partial charge is 0.380 e. The maximum Gasteiger partial charge on any atom is 0.419 e. The van der Waals surface area contributed by atoms with E-state index in [0.717, 1.165) is 11.6 Å². The van der Waals surface area contributed by atoms with Gasteiger partial charge >= 0.3 is 6.18 Å². The highest BCUT2D eigenvalue weighted by Crippen LogP contribution is 2.33. The van der Waals surface area contributed by atoms with Crippen LogP contribution in [0.1, 0.15) is 5.56 Å². The van der Waals surface area contributed by atoms with Crippen LogP contribution in [0.2, 0.25) is 0 Å². The maximum absolute atomic E-state index is 12.9.